The highest BCUT2D eigenvalue weighted by Crippen LogP contribution is 2.30. The second-order valence-electron chi connectivity index (χ2n) is 16.1. The maximum Gasteiger partial charge on any atom is 0.407 e. The minimum absolute atomic E-state index is 0.192. The number of aryl methyl sites for hydroxylation is 1. The maximum atomic E-state index is 13.8. The number of benzene rings is 3. The highest BCUT2D eigenvalue weighted by Gasteiger charge is 2.33. The molecule has 4 aromatic rings. The molecule has 302 valence electrons. The minimum Gasteiger partial charge on any atom is -0.444 e. The third-order valence-corrected chi connectivity index (χ3v) is 10.5. The van der Waals surface area contributed by atoms with Crippen LogP contribution in [0.15, 0.2) is 65.5 Å². The third-order valence-electron chi connectivity index (χ3n) is 10.5. The van der Waals surface area contributed by atoms with E-state index in [1.54, 1.807) is 30.3 Å². The van der Waals surface area contributed by atoms with Gasteiger partial charge in [-0.2, -0.15) is 0 Å². The summed E-state index contributed by atoms with van der Waals surface area (Å²) in [5.74, 6) is -1.40. The Balaban J connectivity index is 1.11. The van der Waals surface area contributed by atoms with Gasteiger partial charge in [-0.25, -0.2) is 9.59 Å². The van der Waals surface area contributed by atoms with Crippen molar-refractivity contribution in [3.63, 3.8) is 0 Å². The van der Waals surface area contributed by atoms with Crippen LogP contribution in [0, 0.1) is 18.8 Å². The molecule has 6 rings (SSSR count). The molecule has 1 saturated carbocycles. The zero-order valence-electron chi connectivity index (χ0n) is 32.6. The Bertz CT molecular complexity index is 2180. The highest BCUT2D eigenvalue weighted by molar-refractivity contribution is 6.00. The van der Waals surface area contributed by atoms with Crippen molar-refractivity contribution in [1.82, 2.24) is 31.2 Å². The van der Waals surface area contributed by atoms with Gasteiger partial charge in [-0.1, -0.05) is 30.3 Å². The summed E-state index contributed by atoms with van der Waals surface area (Å²) in [5.41, 5.74) is 4.50. The van der Waals surface area contributed by atoms with Crippen LogP contribution in [0.1, 0.15) is 74.4 Å². The number of anilines is 1. The quantitative estimate of drug-likeness (QED) is 0.105. The molecule has 1 aliphatic heterocycles. The summed E-state index contributed by atoms with van der Waals surface area (Å²) in [6.45, 7) is 7.60. The number of nitrogens with one attached hydrogen (secondary N) is 7. The van der Waals surface area contributed by atoms with Gasteiger partial charge >= 0.3 is 11.8 Å². The number of alkyl carbamates (subject to hydrolysis) is 1. The van der Waals surface area contributed by atoms with E-state index in [-0.39, 0.29) is 54.3 Å². The first kappa shape index (κ1) is 40.7. The van der Waals surface area contributed by atoms with E-state index in [4.69, 9.17) is 4.74 Å². The molecule has 1 aliphatic carbocycles. The van der Waals surface area contributed by atoms with E-state index in [0.717, 1.165) is 35.1 Å². The molecule has 8 N–H and O–H groups in total. The first-order valence-corrected chi connectivity index (χ1v) is 19.4. The molecule has 15 heteroatoms. The van der Waals surface area contributed by atoms with E-state index in [0.29, 0.717) is 48.1 Å². The summed E-state index contributed by atoms with van der Waals surface area (Å²) in [6, 6.07) is 16.0. The zero-order valence-corrected chi connectivity index (χ0v) is 32.6. The maximum absolute atomic E-state index is 13.8. The number of ether oxygens (including phenoxy) is 1. The van der Waals surface area contributed by atoms with Crippen molar-refractivity contribution in [3.8, 4) is 11.1 Å². The molecule has 3 atom stereocenters. The number of amides is 5. The van der Waals surface area contributed by atoms with Gasteiger partial charge in [0.25, 0.3) is 5.91 Å². The Morgan fingerprint density at radius 1 is 0.912 bits per heavy atom. The fourth-order valence-corrected chi connectivity index (χ4v) is 7.43. The number of fused-ring (bicyclic) bond motifs is 1. The van der Waals surface area contributed by atoms with E-state index in [1.807, 2.05) is 58.0 Å². The summed E-state index contributed by atoms with van der Waals surface area (Å²) in [5, 5.41) is 23.5. The van der Waals surface area contributed by atoms with Crippen molar-refractivity contribution in [3.05, 3.63) is 87.8 Å². The first-order valence-electron chi connectivity index (χ1n) is 19.4. The Morgan fingerprint density at radius 2 is 1.63 bits per heavy atom. The SMILES string of the molecule is Cc1cc(C(=O)N[C@@H]2C[C@@H](CO)NC2=O)ccc1-c1ccc(C[C@H](NC(=O)[C@H]2CC[C@H](CNC(=O)OC(C)(C)C)CC2)C(=O)Nc2ccc3[nH]c(=O)[nH]c3c2)cc1. The van der Waals surface area contributed by atoms with Crippen LogP contribution in [-0.2, 0) is 25.5 Å². The molecule has 1 saturated heterocycles. The largest absolute Gasteiger partial charge is 0.444 e. The highest BCUT2D eigenvalue weighted by atomic mass is 16.6. The van der Waals surface area contributed by atoms with Gasteiger partial charge in [0.1, 0.15) is 17.7 Å². The first-order chi connectivity index (χ1) is 27.1. The fraction of sp³-hybridized carbons (Fsp3) is 0.429. The van der Waals surface area contributed by atoms with Gasteiger partial charge in [0, 0.05) is 30.1 Å². The predicted molar refractivity (Wildman–Crippen MR) is 214 cm³/mol. The van der Waals surface area contributed by atoms with Crippen LogP contribution in [0.5, 0.6) is 0 Å². The summed E-state index contributed by atoms with van der Waals surface area (Å²) in [4.78, 5) is 81.9. The minimum atomic E-state index is -0.912. The van der Waals surface area contributed by atoms with Gasteiger partial charge in [-0.3, -0.25) is 19.2 Å². The van der Waals surface area contributed by atoms with E-state index in [2.05, 4.69) is 36.6 Å². The van der Waals surface area contributed by atoms with Crippen LogP contribution in [0.2, 0.25) is 0 Å². The Kier molecular flexibility index (Phi) is 12.5. The van der Waals surface area contributed by atoms with E-state index in [1.165, 1.54) is 0 Å². The van der Waals surface area contributed by atoms with E-state index >= 15 is 0 Å². The van der Waals surface area contributed by atoms with Gasteiger partial charge < -0.3 is 46.4 Å². The third kappa shape index (κ3) is 10.7. The molecular formula is C42H51N7O8. The predicted octanol–water partition coefficient (Wildman–Crippen LogP) is 3.81. The molecule has 0 radical (unpaired) electrons. The topological polar surface area (TPSA) is 224 Å². The number of hydrogen-bond donors (Lipinski definition) is 8. The van der Waals surface area contributed by atoms with Crippen LogP contribution in [0.3, 0.4) is 0 Å². The van der Waals surface area contributed by atoms with Gasteiger partial charge in [0.05, 0.1) is 23.7 Å². The molecule has 57 heavy (non-hydrogen) atoms. The normalized spacial score (nSPS) is 20.0. The summed E-state index contributed by atoms with van der Waals surface area (Å²) < 4.78 is 5.34. The van der Waals surface area contributed by atoms with Crippen molar-refractivity contribution in [2.75, 3.05) is 18.5 Å². The number of aromatic amines is 2. The zero-order chi connectivity index (χ0) is 40.9. The lowest BCUT2D eigenvalue weighted by Gasteiger charge is -2.29. The van der Waals surface area contributed by atoms with E-state index in [9.17, 15) is 33.9 Å². The van der Waals surface area contributed by atoms with Crippen LogP contribution < -0.4 is 32.3 Å². The van der Waals surface area contributed by atoms with Crippen molar-refractivity contribution in [1.29, 1.82) is 0 Å². The average molecular weight is 782 g/mol. The summed E-state index contributed by atoms with van der Waals surface area (Å²) in [7, 11) is 0. The summed E-state index contributed by atoms with van der Waals surface area (Å²) >= 11 is 0. The molecule has 2 heterocycles. The molecule has 2 aliphatic rings. The van der Waals surface area contributed by atoms with Crippen molar-refractivity contribution in [2.24, 2.45) is 11.8 Å². The molecule has 15 nitrogen and oxygen atoms in total. The lowest BCUT2D eigenvalue weighted by atomic mass is 9.81. The number of aliphatic hydroxyl groups excluding tert-OH is 1. The molecule has 1 aromatic heterocycles. The molecule has 5 amide bonds. The number of hydrogen-bond acceptors (Lipinski definition) is 8. The Labute approximate surface area is 330 Å². The smallest absolute Gasteiger partial charge is 0.407 e. The van der Waals surface area contributed by atoms with Crippen LogP contribution in [0.25, 0.3) is 22.2 Å². The second kappa shape index (κ2) is 17.5. The number of imidazole rings is 1. The summed E-state index contributed by atoms with van der Waals surface area (Å²) in [6.07, 6.45) is 2.79. The van der Waals surface area contributed by atoms with Crippen molar-refractivity contribution < 1.29 is 33.8 Å². The van der Waals surface area contributed by atoms with Gasteiger partial charge in [0.15, 0.2) is 0 Å². The molecule has 2 fully saturated rings. The number of aromatic nitrogens is 2. The molecule has 0 unspecified atom stereocenters. The Hall–Kier alpha value is -5.96. The average Bonchev–Trinajstić information content (AvgIpc) is 3.73. The second-order valence-corrected chi connectivity index (χ2v) is 16.1. The van der Waals surface area contributed by atoms with Crippen LogP contribution in [0.4, 0.5) is 10.5 Å². The monoisotopic (exact) mass is 781 g/mol. The van der Waals surface area contributed by atoms with Crippen molar-refractivity contribution >= 4 is 46.4 Å². The molecule has 3 aromatic carbocycles. The number of carbonyl (C=O) groups is 5. The Morgan fingerprint density at radius 3 is 2.30 bits per heavy atom. The number of H-pyrrole nitrogens is 2. The lowest BCUT2D eigenvalue weighted by molar-refractivity contribution is -0.130. The molecule has 0 spiro atoms. The molecular weight excluding hydrogens is 731 g/mol. The van der Waals surface area contributed by atoms with Crippen molar-refractivity contribution in [2.45, 2.75) is 89.9 Å². The molecule has 0 bridgehead atoms. The fourth-order valence-electron chi connectivity index (χ4n) is 7.43. The van der Waals surface area contributed by atoms with Crippen LogP contribution >= 0.6 is 0 Å². The van der Waals surface area contributed by atoms with E-state index < -0.39 is 29.7 Å². The standard InChI is InChI=1S/C42H51N7O8/c1-23-17-28(37(52)47-35-20-30(22-50)45-39(35)54)13-15-31(23)26-9-5-24(6-10-26)18-34(38(53)44-29-14-16-32-33(19-29)49-40(55)48-32)46-36(51)27-11-7-25(8-12-27)21-43-41(56)57-42(2,3)4/h5-6,9-10,13-17,19,25,27,30,34-35,50H,7-8,11-12,18,20-22H2,1-4H3,(H,43,56)(H,44,53)(H,45,54)(H,46,51)(H,47,52)(H2,48,49,55)/t25-,27-,30-,34-,35+/m0/s1. The number of aliphatic hydroxyl groups is 1. The number of carbonyl (C=O) groups excluding carboxylic acids is 5. The van der Waals surface area contributed by atoms with Gasteiger partial charge in [-0.15, -0.1) is 0 Å². The number of rotatable bonds is 12. The van der Waals surface area contributed by atoms with Gasteiger partial charge in [0.2, 0.25) is 17.7 Å². The lowest BCUT2D eigenvalue weighted by Crippen LogP contribution is -2.48. The van der Waals surface area contributed by atoms with Crippen LogP contribution in [-0.4, -0.2) is 81.7 Å². The van der Waals surface area contributed by atoms with Gasteiger partial charge in [-0.05, 0) is 118 Å².